The van der Waals surface area contributed by atoms with Crippen LogP contribution in [0.5, 0.6) is 0 Å². The van der Waals surface area contributed by atoms with E-state index in [1.54, 1.807) is 17.4 Å². The number of rotatable bonds is 20. The third kappa shape index (κ3) is 14.2. The number of halogens is 10. The van der Waals surface area contributed by atoms with E-state index in [-0.39, 0.29) is 22.4 Å². The highest BCUT2D eigenvalue weighted by Crippen LogP contribution is 2.43. The fourth-order valence-electron chi connectivity index (χ4n) is 10.2. The second-order valence-corrected chi connectivity index (χ2v) is 21.7. The summed E-state index contributed by atoms with van der Waals surface area (Å²) in [5, 5.41) is 20.0. The maximum absolute atomic E-state index is 16.1. The van der Waals surface area contributed by atoms with Crippen LogP contribution in [0.1, 0.15) is 81.5 Å². The lowest BCUT2D eigenvalue weighted by molar-refractivity contribution is -0.221. The molecule has 7 rings (SSSR count). The van der Waals surface area contributed by atoms with Gasteiger partial charge < -0.3 is 34.9 Å². The van der Waals surface area contributed by atoms with E-state index < -0.39 is 114 Å². The summed E-state index contributed by atoms with van der Waals surface area (Å²) >= 11 is 0. The number of aromatic nitrogens is 3. The Balaban J connectivity index is 1.19. The standard InChI is InChI=1S/C55H63F10N9O8/c1-30-33(14-17-45(66-30)71-24-36-15-16-37(25-71)74(36)38-28-82-29-38)13-12-31-8-10-32(11-9-31)20-35(23-43(75)46(67-50(78)80-6)52(2,3)54(60,61)62)44(76)27-72(70-48(77)47(68-51(79)81-7)53(4,5)55(63,64)65)26-39-40(56)21-34(22-41(39)57)42-18-19-73(69-42)49(58)59/h8-11,14,17-19,21-22,35-38,44,46-47,49,76H,15-16,20,23-29H2,1-7H3,(H,67,78)(H,68,79)(H,70,77)/t35-,36?,37?,44+,46-,47-/m1/s1. The molecule has 0 aliphatic carbocycles. The van der Waals surface area contributed by atoms with Crippen LogP contribution in [0.25, 0.3) is 11.3 Å². The minimum atomic E-state index is -5.22. The molecule has 3 saturated heterocycles. The van der Waals surface area contributed by atoms with Gasteiger partial charge in [-0.2, -0.15) is 40.2 Å². The van der Waals surface area contributed by atoms with Gasteiger partial charge in [0.25, 0.3) is 5.91 Å². The van der Waals surface area contributed by atoms with Crippen LogP contribution in [0.2, 0.25) is 0 Å². The number of aliphatic hydroxyl groups excluding tert-OH is 1. The Bertz CT molecular complexity index is 2980. The van der Waals surface area contributed by atoms with Crippen molar-refractivity contribution < 1.29 is 82.4 Å². The number of ether oxygens (including phenoxy) is 3. The van der Waals surface area contributed by atoms with Crippen molar-refractivity contribution in [3.05, 3.63) is 100 Å². The number of nitrogens with zero attached hydrogens (tertiary/aromatic N) is 6. The molecule has 3 amide bonds. The lowest BCUT2D eigenvalue weighted by Gasteiger charge is -2.48. The Morgan fingerprint density at radius 2 is 1.39 bits per heavy atom. The minimum absolute atomic E-state index is 0.205. The second kappa shape index (κ2) is 25.2. The number of aliphatic hydroxyl groups is 1. The number of ketones is 1. The number of nitrogens with one attached hydrogen (secondary N) is 3. The van der Waals surface area contributed by atoms with Crippen molar-refractivity contribution in [2.75, 3.05) is 52.0 Å². The highest BCUT2D eigenvalue weighted by Gasteiger charge is 2.57. The minimum Gasteiger partial charge on any atom is -0.453 e. The Hall–Kier alpha value is -7.02. The molecule has 2 bridgehead atoms. The Morgan fingerprint density at radius 1 is 0.817 bits per heavy atom. The molecular weight excluding hydrogens is 1100 g/mol. The molecule has 27 heteroatoms. The number of alkyl carbamates (subject to hydrolysis) is 2. The van der Waals surface area contributed by atoms with Crippen LogP contribution in [0.4, 0.5) is 59.3 Å². The number of aryl methyl sites for hydroxylation is 1. The number of amides is 3. The lowest BCUT2D eigenvalue weighted by atomic mass is 9.77. The smallest absolute Gasteiger partial charge is 0.407 e. The molecule has 17 nitrogen and oxygen atoms in total. The van der Waals surface area contributed by atoms with Crippen LogP contribution >= 0.6 is 0 Å². The van der Waals surface area contributed by atoms with Crippen LogP contribution in [-0.4, -0.2) is 149 Å². The van der Waals surface area contributed by atoms with Gasteiger partial charge in [-0.3, -0.25) is 19.9 Å². The van der Waals surface area contributed by atoms with Gasteiger partial charge in [0.1, 0.15) is 29.5 Å². The summed E-state index contributed by atoms with van der Waals surface area (Å²) < 4.78 is 161. The highest BCUT2D eigenvalue weighted by atomic mass is 19.4. The van der Waals surface area contributed by atoms with Crippen molar-refractivity contribution in [1.29, 1.82) is 0 Å². The van der Waals surface area contributed by atoms with Gasteiger partial charge in [0, 0.05) is 73.1 Å². The molecule has 4 aromatic rings. The molecule has 2 aromatic carbocycles. The molecule has 5 heterocycles. The molecule has 0 spiro atoms. The van der Waals surface area contributed by atoms with Crippen molar-refractivity contribution in [2.45, 2.75) is 122 Å². The summed E-state index contributed by atoms with van der Waals surface area (Å²) in [6, 6.07) is 8.79. The molecule has 6 atom stereocenters. The van der Waals surface area contributed by atoms with E-state index in [1.807, 2.05) is 24.4 Å². The first-order valence-corrected chi connectivity index (χ1v) is 26.0. The zero-order valence-corrected chi connectivity index (χ0v) is 45.7. The maximum Gasteiger partial charge on any atom is 0.407 e. The Kier molecular flexibility index (Phi) is 19.3. The average molecular weight is 1170 g/mol. The number of fused-ring (bicyclic) bond motifs is 2. The first kappa shape index (κ1) is 62.6. The number of carbonyl (C=O) groups is 4. The first-order valence-electron chi connectivity index (χ1n) is 26.0. The normalized spacial score (nSPS) is 18.5. The Labute approximate surface area is 466 Å². The second-order valence-electron chi connectivity index (χ2n) is 21.7. The van der Waals surface area contributed by atoms with Gasteiger partial charge >= 0.3 is 31.1 Å². The molecule has 0 saturated carbocycles. The zero-order chi connectivity index (χ0) is 60.2. The van der Waals surface area contributed by atoms with Crippen molar-refractivity contribution >= 4 is 29.7 Å². The zero-order valence-electron chi connectivity index (χ0n) is 45.7. The van der Waals surface area contributed by atoms with E-state index >= 15 is 8.78 Å². The SMILES string of the molecule is COC(=O)N[C@H](C(=O)C[C@@H](Cc1ccc(C#Cc2ccc(N3CC4CCC(C3)N4C3COC3)nc2C)cc1)[C@@H](O)CN(Cc1c(F)cc(-c2ccn(C(F)F)n2)cc1F)NC(=O)[C@@H](NC(=O)OC)C(C)(C)C(F)(F)F)C(C)(C)C(F)(F)F. The number of pyridine rings is 1. The van der Waals surface area contributed by atoms with Gasteiger partial charge in [-0.15, -0.1) is 0 Å². The van der Waals surface area contributed by atoms with E-state index in [4.69, 9.17) is 9.72 Å². The number of alkyl halides is 8. The van der Waals surface area contributed by atoms with Gasteiger partial charge in [-0.05, 0) is 108 Å². The summed E-state index contributed by atoms with van der Waals surface area (Å²) in [5.41, 5.74) is -3.44. The van der Waals surface area contributed by atoms with Crippen LogP contribution in [-0.2, 0) is 36.8 Å². The molecule has 446 valence electrons. The molecule has 4 N–H and O–H groups in total. The maximum atomic E-state index is 16.1. The summed E-state index contributed by atoms with van der Waals surface area (Å²) in [4.78, 5) is 62.9. The number of Topliss-reactive ketones (excluding diaryl/α,β-unsaturated/α-hetero) is 1. The third-order valence-electron chi connectivity index (χ3n) is 15.4. The highest BCUT2D eigenvalue weighted by molar-refractivity contribution is 5.89. The fourth-order valence-corrected chi connectivity index (χ4v) is 10.2. The summed E-state index contributed by atoms with van der Waals surface area (Å²) in [5.74, 6) is -0.276. The summed E-state index contributed by atoms with van der Waals surface area (Å²) in [6.07, 6.45) is -13.6. The van der Waals surface area contributed by atoms with Crippen LogP contribution < -0.4 is 21.0 Å². The van der Waals surface area contributed by atoms with E-state index in [0.29, 0.717) is 85.3 Å². The van der Waals surface area contributed by atoms with Crippen LogP contribution in [0.3, 0.4) is 0 Å². The van der Waals surface area contributed by atoms with Crippen molar-refractivity contribution in [3.63, 3.8) is 0 Å². The topological polar surface area (TPSA) is 193 Å². The molecular formula is C55H63F10N9O8. The summed E-state index contributed by atoms with van der Waals surface area (Å²) in [7, 11) is 1.63. The number of benzene rings is 2. The molecule has 3 aliphatic heterocycles. The molecule has 2 aromatic heterocycles. The number of methoxy groups -OCH3 is 2. The number of hydrogen-bond donors (Lipinski definition) is 4. The third-order valence-corrected chi connectivity index (χ3v) is 15.4. The predicted molar refractivity (Wildman–Crippen MR) is 275 cm³/mol. The molecule has 82 heavy (non-hydrogen) atoms. The number of carbonyl (C=O) groups excluding carboxylic acids is 4. The molecule has 0 radical (unpaired) electrons. The van der Waals surface area contributed by atoms with E-state index in [0.717, 1.165) is 71.4 Å². The van der Waals surface area contributed by atoms with Gasteiger partial charge in [0.05, 0.1) is 61.8 Å². The predicted octanol–water partition coefficient (Wildman–Crippen LogP) is 8.02. The van der Waals surface area contributed by atoms with Gasteiger partial charge in [0.15, 0.2) is 5.78 Å². The van der Waals surface area contributed by atoms with Crippen LogP contribution in [0.15, 0.2) is 60.8 Å². The number of anilines is 1. The molecule has 3 aliphatic rings. The van der Waals surface area contributed by atoms with Gasteiger partial charge in [-0.25, -0.2) is 33.0 Å². The van der Waals surface area contributed by atoms with E-state index in [1.165, 1.54) is 12.1 Å². The molecule has 2 unspecified atom stereocenters. The van der Waals surface area contributed by atoms with Crippen LogP contribution in [0, 0.1) is 47.1 Å². The first-order chi connectivity index (χ1) is 38.4. The number of hydrazine groups is 1. The van der Waals surface area contributed by atoms with E-state index in [2.05, 4.69) is 41.6 Å². The molecule has 3 fully saturated rings. The van der Waals surface area contributed by atoms with Crippen molar-refractivity contribution in [3.8, 4) is 23.1 Å². The van der Waals surface area contributed by atoms with Gasteiger partial charge in [-0.1, -0.05) is 24.0 Å². The fraction of sp³-hybridized carbons (Fsp3) is 0.527. The van der Waals surface area contributed by atoms with Crippen molar-refractivity contribution in [2.24, 2.45) is 16.7 Å². The van der Waals surface area contributed by atoms with Crippen molar-refractivity contribution in [1.82, 2.24) is 40.7 Å². The van der Waals surface area contributed by atoms with E-state index in [9.17, 15) is 59.4 Å². The Morgan fingerprint density at radius 3 is 1.90 bits per heavy atom. The quantitative estimate of drug-likeness (QED) is 0.0378. The number of piperazine rings is 1. The largest absolute Gasteiger partial charge is 0.453 e. The summed E-state index contributed by atoms with van der Waals surface area (Å²) in [6.45, 7) is 2.09. The van der Waals surface area contributed by atoms with Gasteiger partial charge in [0.2, 0.25) is 0 Å². The number of hydrogen-bond acceptors (Lipinski definition) is 13. The lowest BCUT2D eigenvalue weighted by Crippen LogP contribution is -2.62. The average Bonchev–Trinajstić information content (AvgIpc) is 4.15. The monoisotopic (exact) mass is 1170 g/mol.